The Hall–Kier alpha value is -0.860. The molecule has 2 unspecified atom stereocenters. The lowest BCUT2D eigenvalue weighted by Crippen LogP contribution is -2.38. The van der Waals surface area contributed by atoms with E-state index in [1.165, 1.54) is 12.1 Å². The lowest BCUT2D eigenvalue weighted by atomic mass is 10.2. The number of hydrogen-bond donors (Lipinski definition) is 1. The van der Waals surface area contributed by atoms with E-state index >= 15 is 0 Å². The number of nitrogens with one attached hydrogen (secondary N) is 1. The smallest absolute Gasteiger partial charge is 0.149 e. The Morgan fingerprint density at radius 2 is 2.00 bits per heavy atom. The zero-order valence-electron chi connectivity index (χ0n) is 11.9. The molecule has 0 radical (unpaired) electrons. The SMILES string of the molecule is CC(C)(C)S(=O)NC(CS(C)(=O)=O)c1ccc(F)cn1. The molecule has 1 heterocycles. The summed E-state index contributed by atoms with van der Waals surface area (Å²) in [6.45, 7) is 5.31. The van der Waals surface area contributed by atoms with E-state index in [9.17, 15) is 17.0 Å². The fourth-order valence-electron chi connectivity index (χ4n) is 1.38. The summed E-state index contributed by atoms with van der Waals surface area (Å²) in [4.78, 5) is 3.86. The first kappa shape index (κ1) is 17.2. The molecule has 0 aromatic carbocycles. The van der Waals surface area contributed by atoms with Crippen molar-refractivity contribution in [2.75, 3.05) is 12.0 Å². The molecule has 0 aliphatic rings. The normalized spacial score (nSPS) is 15.8. The second-order valence-electron chi connectivity index (χ2n) is 5.55. The number of nitrogens with zero attached hydrogens (tertiary/aromatic N) is 1. The lowest BCUT2D eigenvalue weighted by molar-refractivity contribution is 0.578. The average molecular weight is 322 g/mol. The molecule has 0 aliphatic heterocycles. The standard InChI is InChI=1S/C12H19FN2O3S2/c1-12(2,3)19(16)15-11(8-20(4,17)18)10-6-5-9(13)7-14-10/h5-7,11,15H,8H2,1-4H3. The summed E-state index contributed by atoms with van der Waals surface area (Å²) in [5.41, 5.74) is 0.342. The highest BCUT2D eigenvalue weighted by Gasteiger charge is 2.26. The third-order valence-corrected chi connectivity index (χ3v) is 4.93. The number of halogens is 1. The van der Waals surface area contributed by atoms with Crippen molar-refractivity contribution in [3.63, 3.8) is 0 Å². The molecule has 0 bridgehead atoms. The fourth-order valence-corrected chi connectivity index (χ4v) is 3.16. The molecular weight excluding hydrogens is 303 g/mol. The van der Waals surface area contributed by atoms with Gasteiger partial charge in [0.25, 0.3) is 0 Å². The minimum absolute atomic E-state index is 0.256. The molecule has 0 aliphatic carbocycles. The van der Waals surface area contributed by atoms with Crippen LogP contribution in [0.5, 0.6) is 0 Å². The molecule has 0 saturated heterocycles. The van der Waals surface area contributed by atoms with E-state index in [0.29, 0.717) is 5.69 Å². The van der Waals surface area contributed by atoms with Crippen molar-refractivity contribution in [3.8, 4) is 0 Å². The van der Waals surface area contributed by atoms with Gasteiger partial charge in [-0.15, -0.1) is 0 Å². The largest absolute Gasteiger partial charge is 0.257 e. The minimum Gasteiger partial charge on any atom is -0.257 e. The van der Waals surface area contributed by atoms with Gasteiger partial charge in [0.05, 0.1) is 39.4 Å². The predicted octanol–water partition coefficient (Wildman–Crippen LogP) is 1.36. The topological polar surface area (TPSA) is 76.1 Å². The van der Waals surface area contributed by atoms with E-state index in [0.717, 1.165) is 12.5 Å². The average Bonchev–Trinajstić information content (AvgIpc) is 2.25. The van der Waals surface area contributed by atoms with Crippen LogP contribution in [0.3, 0.4) is 0 Å². The highest BCUT2D eigenvalue weighted by molar-refractivity contribution is 7.90. The Kier molecular flexibility index (Phi) is 5.39. The molecular formula is C12H19FN2O3S2. The van der Waals surface area contributed by atoms with Crippen LogP contribution in [-0.4, -0.2) is 34.4 Å². The van der Waals surface area contributed by atoms with Gasteiger partial charge < -0.3 is 0 Å². The van der Waals surface area contributed by atoms with Crippen LogP contribution >= 0.6 is 0 Å². The zero-order valence-corrected chi connectivity index (χ0v) is 13.5. The van der Waals surface area contributed by atoms with E-state index in [1.54, 1.807) is 20.8 Å². The quantitative estimate of drug-likeness (QED) is 0.888. The molecule has 1 rings (SSSR count). The first-order valence-electron chi connectivity index (χ1n) is 5.96. The number of aromatic nitrogens is 1. The van der Waals surface area contributed by atoms with Crippen molar-refractivity contribution in [2.45, 2.75) is 31.6 Å². The van der Waals surface area contributed by atoms with Crippen molar-refractivity contribution in [1.82, 2.24) is 9.71 Å². The molecule has 8 heteroatoms. The number of pyridine rings is 1. The summed E-state index contributed by atoms with van der Waals surface area (Å²) >= 11 is 0. The van der Waals surface area contributed by atoms with Crippen molar-refractivity contribution in [2.24, 2.45) is 0 Å². The van der Waals surface area contributed by atoms with Crippen LogP contribution in [0.15, 0.2) is 18.3 Å². The molecule has 20 heavy (non-hydrogen) atoms. The molecule has 0 saturated carbocycles. The van der Waals surface area contributed by atoms with Gasteiger partial charge in [-0.25, -0.2) is 21.7 Å². The Labute approximate surface area is 121 Å². The minimum atomic E-state index is -3.30. The van der Waals surface area contributed by atoms with Crippen molar-refractivity contribution in [1.29, 1.82) is 0 Å². The van der Waals surface area contributed by atoms with Crippen LogP contribution in [0.2, 0.25) is 0 Å². The summed E-state index contributed by atoms with van der Waals surface area (Å²) < 4.78 is 50.1. The highest BCUT2D eigenvalue weighted by atomic mass is 32.2. The van der Waals surface area contributed by atoms with E-state index < -0.39 is 37.4 Å². The summed E-state index contributed by atoms with van der Waals surface area (Å²) in [6.07, 6.45) is 2.09. The highest BCUT2D eigenvalue weighted by Crippen LogP contribution is 2.17. The number of sulfone groups is 1. The fraction of sp³-hybridized carbons (Fsp3) is 0.583. The summed E-state index contributed by atoms with van der Waals surface area (Å²) in [7, 11) is -4.76. The molecule has 2 atom stereocenters. The lowest BCUT2D eigenvalue weighted by Gasteiger charge is -2.23. The number of rotatable bonds is 5. The van der Waals surface area contributed by atoms with Gasteiger partial charge >= 0.3 is 0 Å². The maximum absolute atomic E-state index is 12.9. The summed E-state index contributed by atoms with van der Waals surface area (Å²) in [5.74, 6) is -0.767. The number of hydrogen-bond acceptors (Lipinski definition) is 4. The molecule has 0 amide bonds. The Balaban J connectivity index is 3.03. The van der Waals surface area contributed by atoms with Crippen molar-refractivity contribution >= 4 is 20.8 Å². The maximum Gasteiger partial charge on any atom is 0.149 e. The predicted molar refractivity (Wildman–Crippen MR) is 77.7 cm³/mol. The molecule has 1 aromatic heterocycles. The zero-order chi connectivity index (χ0) is 15.6. The van der Waals surface area contributed by atoms with Gasteiger partial charge in [0.15, 0.2) is 0 Å². The van der Waals surface area contributed by atoms with Gasteiger partial charge in [0.2, 0.25) is 0 Å². The third kappa shape index (κ3) is 5.64. The molecule has 0 spiro atoms. The molecule has 114 valence electrons. The monoisotopic (exact) mass is 322 g/mol. The first-order chi connectivity index (χ1) is 8.99. The summed E-state index contributed by atoms with van der Waals surface area (Å²) in [5, 5.41) is 0. The van der Waals surface area contributed by atoms with Crippen LogP contribution in [0.4, 0.5) is 4.39 Å². The first-order valence-corrected chi connectivity index (χ1v) is 9.17. The van der Waals surface area contributed by atoms with Gasteiger partial charge in [-0.1, -0.05) is 0 Å². The van der Waals surface area contributed by atoms with Crippen molar-refractivity contribution < 1.29 is 17.0 Å². The van der Waals surface area contributed by atoms with Crippen LogP contribution in [0.1, 0.15) is 32.5 Å². The van der Waals surface area contributed by atoms with E-state index in [-0.39, 0.29) is 5.75 Å². The van der Waals surface area contributed by atoms with E-state index in [2.05, 4.69) is 9.71 Å². The molecule has 1 N–H and O–H groups in total. The van der Waals surface area contributed by atoms with Gasteiger partial charge in [-0.05, 0) is 32.9 Å². The van der Waals surface area contributed by atoms with E-state index in [1.807, 2.05) is 0 Å². The Bertz CT molecular complexity index is 580. The van der Waals surface area contributed by atoms with Gasteiger partial charge in [0.1, 0.15) is 15.7 Å². The van der Waals surface area contributed by atoms with E-state index in [4.69, 9.17) is 0 Å². The Morgan fingerprint density at radius 3 is 2.40 bits per heavy atom. The molecule has 0 fully saturated rings. The van der Waals surface area contributed by atoms with Crippen LogP contribution < -0.4 is 4.72 Å². The third-order valence-electron chi connectivity index (χ3n) is 2.38. The second kappa shape index (κ2) is 6.28. The van der Waals surface area contributed by atoms with Gasteiger partial charge in [-0.2, -0.15) is 0 Å². The van der Waals surface area contributed by atoms with Gasteiger partial charge in [-0.3, -0.25) is 4.98 Å². The summed E-state index contributed by atoms with van der Waals surface area (Å²) in [6, 6.07) is 1.84. The van der Waals surface area contributed by atoms with Crippen LogP contribution in [0, 0.1) is 5.82 Å². The second-order valence-corrected chi connectivity index (χ2v) is 9.73. The Morgan fingerprint density at radius 1 is 1.40 bits per heavy atom. The molecule has 5 nitrogen and oxygen atoms in total. The van der Waals surface area contributed by atoms with Crippen LogP contribution in [-0.2, 0) is 20.8 Å². The van der Waals surface area contributed by atoms with Crippen molar-refractivity contribution in [3.05, 3.63) is 29.8 Å². The maximum atomic E-state index is 12.9. The molecule has 1 aromatic rings. The van der Waals surface area contributed by atoms with Crippen LogP contribution in [0.25, 0.3) is 0 Å². The van der Waals surface area contributed by atoms with Gasteiger partial charge in [0, 0.05) is 6.26 Å².